The van der Waals surface area contributed by atoms with Gasteiger partial charge >= 0.3 is 5.97 Å². The molecule has 0 aromatic heterocycles. The minimum absolute atomic E-state index is 0.0280. The molecule has 0 saturated heterocycles. The number of carbonyl (C=O) groups is 2. The van der Waals surface area contributed by atoms with Gasteiger partial charge in [0.2, 0.25) is 5.91 Å². The summed E-state index contributed by atoms with van der Waals surface area (Å²) in [6.07, 6.45) is 4.10. The molecule has 0 aliphatic heterocycles. The number of carbonyl (C=O) groups excluding carboxylic acids is 1. The fourth-order valence-corrected chi connectivity index (χ4v) is 2.23. The first kappa shape index (κ1) is 14.0. The first-order valence-corrected chi connectivity index (χ1v) is 6.03. The molecule has 1 atom stereocenters. The summed E-state index contributed by atoms with van der Waals surface area (Å²) < 4.78 is 4.77. The Labute approximate surface area is 102 Å². The normalized spacial score (nSPS) is 20.6. The molecule has 0 aromatic carbocycles. The molecule has 5 nitrogen and oxygen atoms in total. The Morgan fingerprint density at radius 1 is 1.35 bits per heavy atom. The number of hydrogen-bond acceptors (Lipinski definition) is 3. The number of aliphatic carboxylic acids is 1. The van der Waals surface area contributed by atoms with E-state index in [-0.39, 0.29) is 17.9 Å². The van der Waals surface area contributed by atoms with E-state index in [1.54, 1.807) is 0 Å². The molecule has 5 heteroatoms. The van der Waals surface area contributed by atoms with Crippen molar-refractivity contribution < 1.29 is 19.4 Å². The quantitative estimate of drug-likeness (QED) is 0.760. The second-order valence-electron chi connectivity index (χ2n) is 4.89. The molecule has 0 radical (unpaired) electrons. The number of carboxylic acid groups (broad SMARTS) is 1. The zero-order chi connectivity index (χ0) is 12.9. The van der Waals surface area contributed by atoms with Gasteiger partial charge in [0, 0.05) is 12.5 Å². The van der Waals surface area contributed by atoms with Gasteiger partial charge in [0.25, 0.3) is 0 Å². The summed E-state index contributed by atoms with van der Waals surface area (Å²) in [5.74, 6) is -1.11. The molecule has 0 bridgehead atoms. The minimum Gasteiger partial charge on any atom is -0.479 e. The SMILES string of the molecule is COC(CNC(=O)C1(C)CCCCC1)C(=O)O. The zero-order valence-corrected chi connectivity index (χ0v) is 10.5. The monoisotopic (exact) mass is 243 g/mol. The fraction of sp³-hybridized carbons (Fsp3) is 0.833. The number of methoxy groups -OCH3 is 1. The predicted octanol–water partition coefficient (Wildman–Crippen LogP) is 1.17. The van der Waals surface area contributed by atoms with Crippen molar-refractivity contribution in [3.05, 3.63) is 0 Å². The molecule has 1 fully saturated rings. The summed E-state index contributed by atoms with van der Waals surface area (Å²) in [7, 11) is 1.33. The summed E-state index contributed by atoms with van der Waals surface area (Å²) >= 11 is 0. The van der Waals surface area contributed by atoms with Gasteiger partial charge in [-0.05, 0) is 12.8 Å². The third kappa shape index (κ3) is 3.70. The van der Waals surface area contributed by atoms with Gasteiger partial charge in [-0.3, -0.25) is 4.79 Å². The van der Waals surface area contributed by atoms with E-state index in [0.717, 1.165) is 25.7 Å². The van der Waals surface area contributed by atoms with E-state index < -0.39 is 12.1 Å². The van der Waals surface area contributed by atoms with E-state index in [0.29, 0.717) is 0 Å². The van der Waals surface area contributed by atoms with Crippen LogP contribution in [0.4, 0.5) is 0 Å². The molecule has 98 valence electrons. The Balaban J connectivity index is 2.45. The van der Waals surface area contributed by atoms with Crippen LogP contribution in [0.15, 0.2) is 0 Å². The Morgan fingerprint density at radius 2 is 1.94 bits per heavy atom. The fourth-order valence-electron chi connectivity index (χ4n) is 2.23. The lowest BCUT2D eigenvalue weighted by Gasteiger charge is -2.32. The molecule has 2 N–H and O–H groups in total. The molecular weight excluding hydrogens is 222 g/mol. The Hall–Kier alpha value is -1.10. The largest absolute Gasteiger partial charge is 0.479 e. The maximum Gasteiger partial charge on any atom is 0.334 e. The van der Waals surface area contributed by atoms with E-state index in [4.69, 9.17) is 9.84 Å². The van der Waals surface area contributed by atoms with E-state index in [9.17, 15) is 9.59 Å². The number of amides is 1. The van der Waals surface area contributed by atoms with Gasteiger partial charge in [-0.25, -0.2) is 4.79 Å². The van der Waals surface area contributed by atoms with Crippen LogP contribution in [-0.2, 0) is 14.3 Å². The highest BCUT2D eigenvalue weighted by Gasteiger charge is 2.34. The van der Waals surface area contributed by atoms with E-state index >= 15 is 0 Å². The summed E-state index contributed by atoms with van der Waals surface area (Å²) in [5.41, 5.74) is -0.338. The van der Waals surface area contributed by atoms with Crippen LogP contribution < -0.4 is 5.32 Å². The van der Waals surface area contributed by atoms with Crippen LogP contribution >= 0.6 is 0 Å². The predicted molar refractivity (Wildman–Crippen MR) is 62.6 cm³/mol. The van der Waals surface area contributed by atoms with E-state index in [2.05, 4.69) is 5.32 Å². The zero-order valence-electron chi connectivity index (χ0n) is 10.5. The lowest BCUT2D eigenvalue weighted by atomic mass is 9.75. The van der Waals surface area contributed by atoms with Crippen molar-refractivity contribution >= 4 is 11.9 Å². The van der Waals surface area contributed by atoms with Gasteiger partial charge in [-0.2, -0.15) is 0 Å². The number of nitrogens with one attached hydrogen (secondary N) is 1. The van der Waals surface area contributed by atoms with Crippen LogP contribution in [0.5, 0.6) is 0 Å². The lowest BCUT2D eigenvalue weighted by Crippen LogP contribution is -2.45. The van der Waals surface area contributed by atoms with Gasteiger partial charge in [0.15, 0.2) is 6.10 Å². The van der Waals surface area contributed by atoms with Gasteiger partial charge in [0.1, 0.15) is 0 Å². The van der Waals surface area contributed by atoms with Crippen molar-refractivity contribution in [2.75, 3.05) is 13.7 Å². The number of hydrogen-bond donors (Lipinski definition) is 2. The minimum atomic E-state index is -1.05. The lowest BCUT2D eigenvalue weighted by molar-refractivity contribution is -0.148. The number of carboxylic acids is 1. The molecular formula is C12H21NO4. The Morgan fingerprint density at radius 3 is 2.41 bits per heavy atom. The Bertz CT molecular complexity index is 284. The van der Waals surface area contributed by atoms with E-state index in [1.165, 1.54) is 13.5 Å². The van der Waals surface area contributed by atoms with Crippen LogP contribution in [0.1, 0.15) is 39.0 Å². The maximum absolute atomic E-state index is 12.0. The second-order valence-corrected chi connectivity index (χ2v) is 4.89. The summed E-state index contributed by atoms with van der Waals surface area (Å²) in [6, 6.07) is 0. The third-order valence-electron chi connectivity index (χ3n) is 3.51. The molecule has 0 spiro atoms. The smallest absolute Gasteiger partial charge is 0.334 e. The van der Waals surface area contributed by atoms with Gasteiger partial charge in [-0.1, -0.05) is 26.2 Å². The number of ether oxygens (including phenoxy) is 1. The first-order valence-electron chi connectivity index (χ1n) is 6.03. The highest BCUT2D eigenvalue weighted by atomic mass is 16.5. The molecule has 1 aliphatic carbocycles. The van der Waals surface area contributed by atoms with Crippen molar-refractivity contribution in [3.8, 4) is 0 Å². The van der Waals surface area contributed by atoms with Gasteiger partial charge < -0.3 is 15.2 Å². The average Bonchev–Trinajstić information content (AvgIpc) is 2.30. The van der Waals surface area contributed by atoms with E-state index in [1.807, 2.05) is 6.92 Å². The molecule has 17 heavy (non-hydrogen) atoms. The highest BCUT2D eigenvalue weighted by Crippen LogP contribution is 2.35. The molecule has 1 rings (SSSR count). The topological polar surface area (TPSA) is 75.6 Å². The highest BCUT2D eigenvalue weighted by molar-refractivity contribution is 5.83. The molecule has 0 aromatic rings. The Kier molecular flexibility index (Phi) is 4.93. The average molecular weight is 243 g/mol. The third-order valence-corrected chi connectivity index (χ3v) is 3.51. The summed E-state index contributed by atoms with van der Waals surface area (Å²) in [4.78, 5) is 22.7. The van der Waals surface area contributed by atoms with Crippen molar-refractivity contribution in [1.29, 1.82) is 0 Å². The van der Waals surface area contributed by atoms with Crippen molar-refractivity contribution in [2.24, 2.45) is 5.41 Å². The molecule has 1 amide bonds. The maximum atomic E-state index is 12.0. The summed E-state index contributed by atoms with van der Waals surface area (Å²) in [6.45, 7) is 1.98. The molecule has 1 unspecified atom stereocenters. The first-order chi connectivity index (χ1) is 7.99. The molecule has 1 aliphatic rings. The van der Waals surface area contributed by atoms with Crippen molar-refractivity contribution in [2.45, 2.75) is 45.1 Å². The van der Waals surface area contributed by atoms with Crippen LogP contribution in [0.25, 0.3) is 0 Å². The second kappa shape index (κ2) is 6.00. The standard InChI is InChI=1S/C12H21NO4/c1-12(6-4-3-5-7-12)11(16)13-8-9(17-2)10(14)15/h9H,3-8H2,1-2H3,(H,13,16)(H,14,15). The van der Waals surface area contributed by atoms with Crippen LogP contribution in [0.3, 0.4) is 0 Å². The van der Waals surface area contributed by atoms with Crippen LogP contribution in [0.2, 0.25) is 0 Å². The van der Waals surface area contributed by atoms with Gasteiger partial charge in [0.05, 0.1) is 6.54 Å². The number of rotatable bonds is 5. The van der Waals surface area contributed by atoms with Crippen molar-refractivity contribution in [3.63, 3.8) is 0 Å². The summed E-state index contributed by atoms with van der Waals surface area (Å²) in [5, 5.41) is 11.5. The molecule has 0 heterocycles. The van der Waals surface area contributed by atoms with Crippen molar-refractivity contribution in [1.82, 2.24) is 5.32 Å². The molecule has 1 saturated carbocycles. The van der Waals surface area contributed by atoms with Crippen LogP contribution in [-0.4, -0.2) is 36.7 Å². The van der Waals surface area contributed by atoms with Crippen LogP contribution in [0, 0.1) is 5.41 Å². The van der Waals surface area contributed by atoms with Gasteiger partial charge in [-0.15, -0.1) is 0 Å².